The Morgan fingerprint density at radius 1 is 1.06 bits per heavy atom. The van der Waals surface area contributed by atoms with Crippen LogP contribution < -0.4 is 4.74 Å². The van der Waals surface area contributed by atoms with Gasteiger partial charge in [0.15, 0.2) is 6.04 Å². The second-order valence-electron chi connectivity index (χ2n) is 8.54. The highest BCUT2D eigenvalue weighted by molar-refractivity contribution is 6.04. The molecule has 1 spiro atoms. The van der Waals surface area contributed by atoms with E-state index >= 15 is 0 Å². The zero-order chi connectivity index (χ0) is 23.0. The van der Waals surface area contributed by atoms with Gasteiger partial charge in [0, 0.05) is 12.4 Å². The summed E-state index contributed by atoms with van der Waals surface area (Å²) in [4.78, 5) is 41.0. The lowest BCUT2D eigenvalue weighted by atomic mass is 9.68. The summed E-state index contributed by atoms with van der Waals surface area (Å²) < 4.78 is 15.5. The number of ether oxygens (including phenoxy) is 3. The van der Waals surface area contributed by atoms with Crippen LogP contribution in [0.3, 0.4) is 0 Å². The van der Waals surface area contributed by atoms with Gasteiger partial charge in [-0.15, -0.1) is 0 Å². The van der Waals surface area contributed by atoms with Gasteiger partial charge in [0.25, 0.3) is 0 Å². The number of benzene rings is 1. The van der Waals surface area contributed by atoms with Crippen LogP contribution in [0.5, 0.6) is 5.75 Å². The van der Waals surface area contributed by atoms with Crippen molar-refractivity contribution in [3.05, 3.63) is 54.4 Å². The zero-order valence-electron chi connectivity index (χ0n) is 18.6. The van der Waals surface area contributed by atoms with Crippen molar-refractivity contribution in [3.63, 3.8) is 0 Å². The molecular weight excluding hydrogens is 400 g/mol. The van der Waals surface area contributed by atoms with Crippen LogP contribution in [-0.2, 0) is 19.1 Å². The highest BCUT2D eigenvalue weighted by atomic mass is 16.6. The van der Waals surface area contributed by atoms with Gasteiger partial charge < -0.3 is 19.1 Å². The summed E-state index contributed by atoms with van der Waals surface area (Å²) in [7, 11) is 2.85. The number of hydrogen-bond acceptors (Lipinski definition) is 6. The Balaban J connectivity index is 1.94. The lowest BCUT2D eigenvalue weighted by Crippen LogP contribution is -2.71. The molecule has 8 nitrogen and oxygen atoms in total. The molecular formula is C23H28N2O6. The van der Waals surface area contributed by atoms with E-state index in [-0.39, 0.29) is 11.9 Å². The maximum atomic E-state index is 13.4. The summed E-state index contributed by atoms with van der Waals surface area (Å²) in [5.41, 5.74) is -1.07. The summed E-state index contributed by atoms with van der Waals surface area (Å²) in [5.74, 6) is -0.0518. The predicted octanol–water partition coefficient (Wildman–Crippen LogP) is 3.40. The zero-order valence-corrected chi connectivity index (χ0v) is 18.6. The van der Waals surface area contributed by atoms with Crippen molar-refractivity contribution in [2.45, 2.75) is 45.4 Å². The topological polar surface area (TPSA) is 85.4 Å². The Labute approximate surface area is 182 Å². The van der Waals surface area contributed by atoms with Gasteiger partial charge in [0.05, 0.1) is 20.3 Å². The number of carbonyl (C=O) groups is 3. The highest BCUT2D eigenvalue weighted by Crippen LogP contribution is 2.49. The van der Waals surface area contributed by atoms with E-state index in [1.165, 1.54) is 29.3 Å². The van der Waals surface area contributed by atoms with E-state index in [2.05, 4.69) is 0 Å². The second-order valence-corrected chi connectivity index (χ2v) is 8.54. The molecule has 0 bridgehead atoms. The van der Waals surface area contributed by atoms with Gasteiger partial charge in [0.1, 0.15) is 16.8 Å². The van der Waals surface area contributed by atoms with E-state index in [0.717, 1.165) is 5.56 Å². The molecule has 1 fully saturated rings. The van der Waals surface area contributed by atoms with Crippen molar-refractivity contribution in [2.24, 2.45) is 5.41 Å². The molecule has 0 radical (unpaired) electrons. The first-order valence-corrected chi connectivity index (χ1v) is 9.98. The van der Waals surface area contributed by atoms with Crippen LogP contribution in [0.1, 0.15) is 39.3 Å². The number of nitrogens with zero attached hydrogens (tertiary/aromatic N) is 2. The third-order valence-electron chi connectivity index (χ3n) is 5.39. The fourth-order valence-electron chi connectivity index (χ4n) is 3.80. The fourth-order valence-corrected chi connectivity index (χ4v) is 3.80. The molecule has 0 saturated carbocycles. The molecule has 1 aromatic rings. The fraction of sp³-hybridized carbons (Fsp3) is 0.435. The average Bonchev–Trinajstić information content (AvgIpc) is 2.74. The van der Waals surface area contributed by atoms with E-state index in [4.69, 9.17) is 14.2 Å². The number of β-lactam (4-membered cyclic amide) rings is 1. The maximum absolute atomic E-state index is 13.4. The summed E-state index contributed by atoms with van der Waals surface area (Å²) in [6.45, 7) is 7.20. The monoisotopic (exact) mass is 428 g/mol. The van der Waals surface area contributed by atoms with Crippen molar-refractivity contribution in [1.29, 1.82) is 0 Å². The van der Waals surface area contributed by atoms with Crippen LogP contribution in [0.15, 0.2) is 48.8 Å². The molecule has 2 heterocycles. The third kappa shape index (κ3) is 4.02. The van der Waals surface area contributed by atoms with Gasteiger partial charge in [0.2, 0.25) is 5.91 Å². The van der Waals surface area contributed by atoms with E-state index < -0.39 is 29.1 Å². The lowest BCUT2D eigenvalue weighted by molar-refractivity contribution is -0.188. The molecule has 0 unspecified atom stereocenters. The van der Waals surface area contributed by atoms with E-state index in [0.29, 0.717) is 5.75 Å². The average molecular weight is 428 g/mol. The number of esters is 1. The van der Waals surface area contributed by atoms with Crippen LogP contribution in [0, 0.1) is 5.41 Å². The SMILES string of the molecule is COC(=O)N1C=CC2(C=C1)C(=O)N([C@@H](C)c1ccc(OC)cc1)[C@H]2C(=O)OC(C)(C)C. The van der Waals surface area contributed by atoms with Crippen LogP contribution in [0.25, 0.3) is 0 Å². The van der Waals surface area contributed by atoms with Crippen molar-refractivity contribution >= 4 is 18.0 Å². The number of hydrogen-bond donors (Lipinski definition) is 0. The molecule has 2 aliphatic heterocycles. The Morgan fingerprint density at radius 2 is 1.65 bits per heavy atom. The largest absolute Gasteiger partial charge is 0.497 e. The number of amides is 2. The van der Waals surface area contributed by atoms with Crippen LogP contribution in [-0.4, -0.2) is 53.6 Å². The Bertz CT molecular complexity index is 914. The van der Waals surface area contributed by atoms with E-state index in [1.807, 2.05) is 31.2 Å². The molecule has 1 aromatic carbocycles. The summed E-state index contributed by atoms with van der Waals surface area (Å²) in [5, 5.41) is 0. The highest BCUT2D eigenvalue weighted by Gasteiger charge is 2.64. The molecule has 1 saturated heterocycles. The molecule has 166 valence electrons. The molecule has 3 rings (SSSR count). The smallest absolute Gasteiger partial charge is 0.417 e. The van der Waals surface area contributed by atoms with E-state index in [1.54, 1.807) is 40.0 Å². The molecule has 8 heteroatoms. The Morgan fingerprint density at radius 3 is 2.13 bits per heavy atom. The van der Waals surface area contributed by atoms with Crippen LogP contribution >= 0.6 is 0 Å². The number of carbonyl (C=O) groups excluding carboxylic acids is 3. The first kappa shape index (κ1) is 22.4. The number of rotatable bonds is 4. The van der Waals surface area contributed by atoms with Crippen molar-refractivity contribution < 1.29 is 28.6 Å². The molecule has 2 amide bonds. The molecule has 0 aliphatic carbocycles. The number of likely N-dealkylation sites (tertiary alicyclic amines) is 1. The van der Waals surface area contributed by atoms with Crippen molar-refractivity contribution in [3.8, 4) is 5.75 Å². The van der Waals surface area contributed by atoms with Gasteiger partial charge in [-0.2, -0.15) is 0 Å². The lowest BCUT2D eigenvalue weighted by Gasteiger charge is -2.55. The molecule has 2 atom stereocenters. The quantitative estimate of drug-likeness (QED) is 0.540. The van der Waals surface area contributed by atoms with Gasteiger partial charge in [-0.1, -0.05) is 12.1 Å². The van der Waals surface area contributed by atoms with Gasteiger partial charge in [-0.3, -0.25) is 9.69 Å². The second kappa shape index (κ2) is 8.09. The van der Waals surface area contributed by atoms with Crippen molar-refractivity contribution in [2.75, 3.05) is 14.2 Å². The van der Waals surface area contributed by atoms with Gasteiger partial charge in [-0.25, -0.2) is 9.59 Å². The predicted molar refractivity (Wildman–Crippen MR) is 113 cm³/mol. The summed E-state index contributed by atoms with van der Waals surface area (Å²) in [6.07, 6.45) is 5.40. The van der Waals surface area contributed by atoms with Gasteiger partial charge >= 0.3 is 12.1 Å². The maximum Gasteiger partial charge on any atom is 0.417 e. The normalized spacial score (nSPS) is 20.3. The number of methoxy groups -OCH3 is 2. The van der Waals surface area contributed by atoms with Gasteiger partial charge in [-0.05, 0) is 57.5 Å². The first-order chi connectivity index (χ1) is 14.5. The minimum Gasteiger partial charge on any atom is -0.497 e. The molecule has 31 heavy (non-hydrogen) atoms. The van der Waals surface area contributed by atoms with Crippen molar-refractivity contribution in [1.82, 2.24) is 9.80 Å². The summed E-state index contributed by atoms with van der Waals surface area (Å²) in [6, 6.07) is 6.09. The minimum absolute atomic E-state index is 0.247. The summed E-state index contributed by atoms with van der Waals surface area (Å²) >= 11 is 0. The molecule has 2 aliphatic rings. The Kier molecular flexibility index (Phi) is 5.85. The third-order valence-corrected chi connectivity index (χ3v) is 5.39. The van der Waals surface area contributed by atoms with Crippen LogP contribution in [0.4, 0.5) is 4.79 Å². The molecule has 0 N–H and O–H groups in total. The first-order valence-electron chi connectivity index (χ1n) is 9.98. The van der Waals surface area contributed by atoms with Crippen LogP contribution in [0.2, 0.25) is 0 Å². The van der Waals surface area contributed by atoms with E-state index in [9.17, 15) is 14.4 Å². The minimum atomic E-state index is -1.21. The Hall–Kier alpha value is -3.29. The molecule has 0 aromatic heterocycles. The standard InChI is InChI=1S/C23H28N2O6/c1-15(16-7-9-17(29-5)10-8-16)25-18(19(26)31-22(2,3)4)23(20(25)27)11-13-24(14-12-23)21(28)30-6/h7-15,18H,1-6H3/t15-,18-/m0/s1.